The molecule has 6 heteroatoms. The first-order valence-electron chi connectivity index (χ1n) is 8.75. The van der Waals surface area contributed by atoms with Crippen LogP contribution in [0.1, 0.15) is 38.2 Å². The zero-order valence-electron chi connectivity index (χ0n) is 16.2. The van der Waals surface area contributed by atoms with E-state index in [4.69, 9.17) is 0 Å². The normalized spacial score (nSPS) is 10.9. The van der Waals surface area contributed by atoms with E-state index >= 15 is 0 Å². The van der Waals surface area contributed by atoms with E-state index in [1.807, 2.05) is 26.8 Å². The molecule has 0 unspecified atom stereocenters. The highest BCUT2D eigenvalue weighted by Gasteiger charge is 2.15. The first-order valence-corrected chi connectivity index (χ1v) is 10.6. The van der Waals surface area contributed by atoms with Crippen molar-refractivity contribution in [2.45, 2.75) is 39.0 Å². The van der Waals surface area contributed by atoms with Crippen LogP contribution in [-0.4, -0.2) is 21.7 Å². The summed E-state index contributed by atoms with van der Waals surface area (Å²) in [5, 5.41) is 12.4. The van der Waals surface area contributed by atoms with Gasteiger partial charge in [-0.25, -0.2) is 0 Å². The highest BCUT2D eigenvalue weighted by atomic mass is 32.2. The minimum atomic E-state index is 0.133. The number of nitrogens with one attached hydrogen (secondary N) is 1. The van der Waals surface area contributed by atoms with Crippen LogP contribution < -0.4 is 5.32 Å². The van der Waals surface area contributed by atoms with E-state index in [2.05, 4.69) is 53.6 Å². The van der Waals surface area contributed by atoms with Crippen LogP contribution in [0, 0.1) is 34.6 Å². The fraction of sp³-hybridized carbons (Fsp3) is 0.286. The van der Waals surface area contributed by atoms with Crippen molar-refractivity contribution in [2.75, 3.05) is 11.1 Å². The van der Waals surface area contributed by atoms with Gasteiger partial charge in [-0.3, -0.25) is 4.79 Å². The molecular weight excluding hydrogens is 374 g/mol. The van der Waals surface area contributed by atoms with E-state index in [0.717, 1.165) is 31.8 Å². The van der Waals surface area contributed by atoms with Crippen molar-refractivity contribution in [2.24, 2.45) is 0 Å². The number of carbonyl (C=O) groups excluding carboxylic acids is 1. The Bertz CT molecular complexity index is 972. The Balaban J connectivity index is 1.64. The fourth-order valence-electron chi connectivity index (χ4n) is 3.08. The first kappa shape index (κ1) is 19.6. The summed E-state index contributed by atoms with van der Waals surface area (Å²) in [7, 11) is 0. The van der Waals surface area contributed by atoms with Gasteiger partial charge in [-0.2, -0.15) is 0 Å². The molecule has 0 aliphatic carbocycles. The molecule has 3 rings (SSSR count). The molecule has 0 atom stereocenters. The van der Waals surface area contributed by atoms with Crippen molar-refractivity contribution in [3.8, 4) is 0 Å². The molecule has 4 nitrogen and oxygen atoms in total. The van der Waals surface area contributed by atoms with Crippen molar-refractivity contribution in [1.29, 1.82) is 0 Å². The molecule has 0 aliphatic rings. The number of hydrogen-bond donors (Lipinski definition) is 1. The van der Waals surface area contributed by atoms with Crippen molar-refractivity contribution in [1.82, 2.24) is 10.2 Å². The lowest BCUT2D eigenvalue weighted by Gasteiger charge is -2.09. The molecular formula is C21H23N3OS2. The first-order chi connectivity index (χ1) is 12.8. The van der Waals surface area contributed by atoms with Crippen LogP contribution in [0.25, 0.3) is 0 Å². The molecule has 0 bridgehead atoms. The van der Waals surface area contributed by atoms with Gasteiger partial charge in [-0.1, -0.05) is 46.9 Å². The van der Waals surface area contributed by atoms with Crippen LogP contribution in [0.4, 0.5) is 10.8 Å². The Morgan fingerprint density at radius 1 is 0.963 bits per heavy atom. The van der Waals surface area contributed by atoms with E-state index in [1.165, 1.54) is 39.8 Å². The van der Waals surface area contributed by atoms with Crippen LogP contribution in [-0.2, 0) is 0 Å². The van der Waals surface area contributed by atoms with Gasteiger partial charge in [0.05, 0.1) is 5.75 Å². The molecule has 0 saturated heterocycles. The second kappa shape index (κ2) is 8.23. The highest BCUT2D eigenvalue weighted by molar-refractivity contribution is 8.01. The summed E-state index contributed by atoms with van der Waals surface area (Å²) in [6.45, 7) is 10.2. The SMILES string of the molecule is Cc1cc(C)c(C(=O)CSc2nnc(Nc3ccc(C)c(C)c3)s2)c(C)c1. The Morgan fingerprint density at radius 3 is 2.33 bits per heavy atom. The molecule has 1 heterocycles. The van der Waals surface area contributed by atoms with E-state index < -0.39 is 0 Å². The number of carbonyl (C=O) groups is 1. The van der Waals surface area contributed by atoms with E-state index in [0.29, 0.717) is 5.75 Å². The number of hydrogen-bond acceptors (Lipinski definition) is 6. The number of aryl methyl sites for hydroxylation is 5. The zero-order chi connectivity index (χ0) is 19.6. The molecule has 2 aromatic carbocycles. The zero-order valence-corrected chi connectivity index (χ0v) is 17.8. The second-order valence-electron chi connectivity index (χ2n) is 6.78. The summed E-state index contributed by atoms with van der Waals surface area (Å²) < 4.78 is 0.789. The van der Waals surface area contributed by atoms with Crippen LogP contribution in [0.2, 0.25) is 0 Å². The monoisotopic (exact) mass is 397 g/mol. The highest BCUT2D eigenvalue weighted by Crippen LogP contribution is 2.29. The van der Waals surface area contributed by atoms with Gasteiger partial charge in [-0.15, -0.1) is 10.2 Å². The summed E-state index contributed by atoms with van der Waals surface area (Å²) in [5.74, 6) is 0.497. The molecule has 0 amide bonds. The maximum absolute atomic E-state index is 12.7. The van der Waals surface area contributed by atoms with E-state index in [1.54, 1.807) is 0 Å². The number of Topliss-reactive ketones (excluding diaryl/α,β-unsaturated/α-hetero) is 1. The van der Waals surface area contributed by atoms with Crippen molar-refractivity contribution >= 4 is 39.7 Å². The number of nitrogens with zero attached hydrogens (tertiary/aromatic N) is 2. The third kappa shape index (κ3) is 4.76. The Hall–Kier alpha value is -2.18. The van der Waals surface area contributed by atoms with E-state index in [-0.39, 0.29) is 5.78 Å². The average molecular weight is 398 g/mol. The summed E-state index contributed by atoms with van der Waals surface area (Å²) in [4.78, 5) is 12.7. The molecule has 0 radical (unpaired) electrons. The molecule has 3 aromatic rings. The van der Waals surface area contributed by atoms with Gasteiger partial charge in [0.1, 0.15) is 0 Å². The van der Waals surface area contributed by atoms with Gasteiger partial charge in [0.15, 0.2) is 10.1 Å². The van der Waals surface area contributed by atoms with Crippen LogP contribution >= 0.6 is 23.1 Å². The number of ketones is 1. The summed E-state index contributed by atoms with van der Waals surface area (Å²) in [5.41, 5.74) is 7.56. The van der Waals surface area contributed by atoms with Gasteiger partial charge in [0, 0.05) is 11.3 Å². The molecule has 140 valence electrons. The number of aromatic nitrogens is 2. The molecule has 0 saturated carbocycles. The summed E-state index contributed by atoms with van der Waals surface area (Å²) in [6, 6.07) is 10.3. The number of thioether (sulfide) groups is 1. The van der Waals surface area contributed by atoms with Crippen LogP contribution in [0.15, 0.2) is 34.7 Å². The Labute approximate surface area is 168 Å². The molecule has 0 spiro atoms. The smallest absolute Gasteiger partial charge is 0.210 e. The standard InChI is InChI=1S/C21H23N3OS2/c1-12-8-15(4)19(16(5)9-12)18(25)11-26-21-24-23-20(27-21)22-17-7-6-13(2)14(3)10-17/h6-10H,11H2,1-5H3,(H,22,23). The van der Waals surface area contributed by atoms with Crippen molar-refractivity contribution in [3.63, 3.8) is 0 Å². The molecule has 0 fully saturated rings. The second-order valence-corrected chi connectivity index (χ2v) is 8.98. The summed E-state index contributed by atoms with van der Waals surface area (Å²) >= 11 is 2.90. The minimum Gasteiger partial charge on any atom is -0.330 e. The Kier molecular flexibility index (Phi) is 5.97. The number of rotatable bonds is 6. The van der Waals surface area contributed by atoms with Gasteiger partial charge in [0.25, 0.3) is 0 Å². The van der Waals surface area contributed by atoms with Gasteiger partial charge < -0.3 is 5.32 Å². The maximum atomic E-state index is 12.7. The third-order valence-corrected chi connectivity index (χ3v) is 6.42. The number of benzene rings is 2. The minimum absolute atomic E-state index is 0.133. The van der Waals surface area contributed by atoms with E-state index in [9.17, 15) is 4.79 Å². The fourth-order valence-corrected chi connectivity index (χ4v) is 4.72. The molecule has 1 N–H and O–H groups in total. The number of anilines is 2. The quantitative estimate of drug-likeness (QED) is 0.421. The molecule has 1 aromatic heterocycles. The van der Waals surface area contributed by atoms with Crippen molar-refractivity contribution in [3.05, 3.63) is 63.7 Å². The third-order valence-electron chi connectivity index (χ3n) is 4.45. The largest absolute Gasteiger partial charge is 0.330 e. The van der Waals surface area contributed by atoms with Gasteiger partial charge >= 0.3 is 0 Å². The lowest BCUT2D eigenvalue weighted by atomic mass is 9.97. The average Bonchev–Trinajstić information content (AvgIpc) is 3.03. The van der Waals surface area contributed by atoms with Gasteiger partial charge in [0.2, 0.25) is 5.13 Å². The van der Waals surface area contributed by atoms with Crippen molar-refractivity contribution < 1.29 is 4.79 Å². The lowest BCUT2D eigenvalue weighted by molar-refractivity contribution is 0.102. The Morgan fingerprint density at radius 2 is 1.67 bits per heavy atom. The predicted octanol–water partition coefficient (Wildman–Crippen LogP) is 5.80. The topological polar surface area (TPSA) is 54.9 Å². The predicted molar refractivity (Wildman–Crippen MR) is 115 cm³/mol. The van der Waals surface area contributed by atoms with Gasteiger partial charge in [-0.05, 0) is 69.0 Å². The summed E-state index contributed by atoms with van der Waals surface area (Å²) in [6.07, 6.45) is 0. The molecule has 0 aliphatic heterocycles. The van der Waals surface area contributed by atoms with Crippen LogP contribution in [0.3, 0.4) is 0 Å². The molecule has 27 heavy (non-hydrogen) atoms. The maximum Gasteiger partial charge on any atom is 0.210 e. The lowest BCUT2D eigenvalue weighted by Crippen LogP contribution is -2.07. The van der Waals surface area contributed by atoms with Crippen LogP contribution in [0.5, 0.6) is 0 Å².